The molecule has 2 aromatic carbocycles. The van der Waals surface area contributed by atoms with Crippen molar-refractivity contribution in [1.82, 2.24) is 4.90 Å². The highest BCUT2D eigenvalue weighted by atomic mass is 35.5. The Balaban J connectivity index is 0.00000338. The van der Waals surface area contributed by atoms with Gasteiger partial charge >= 0.3 is 0 Å². The first kappa shape index (κ1) is 22.3. The minimum atomic E-state index is -0.496. The second-order valence-corrected chi connectivity index (χ2v) is 6.67. The number of phenols is 1. The predicted molar refractivity (Wildman–Crippen MR) is 108 cm³/mol. The number of aromatic hydroxyl groups is 1. The van der Waals surface area contributed by atoms with E-state index in [0.29, 0.717) is 18.9 Å². The van der Waals surface area contributed by atoms with E-state index in [1.807, 2.05) is 55.4 Å². The summed E-state index contributed by atoms with van der Waals surface area (Å²) in [5.41, 5.74) is 2.16. The van der Waals surface area contributed by atoms with Gasteiger partial charge in [0.15, 0.2) is 0 Å². The molecule has 0 aliphatic heterocycles. The van der Waals surface area contributed by atoms with Crippen molar-refractivity contribution < 1.29 is 14.9 Å². The van der Waals surface area contributed by atoms with E-state index in [0.717, 1.165) is 42.6 Å². The molecule has 2 aromatic rings. The number of hydrogen-bond acceptors (Lipinski definition) is 4. The van der Waals surface area contributed by atoms with Crippen LogP contribution in [0.2, 0.25) is 0 Å². The van der Waals surface area contributed by atoms with Gasteiger partial charge in [-0.2, -0.15) is 0 Å². The normalized spacial score (nSPS) is 11.8. The van der Waals surface area contributed by atoms with Gasteiger partial charge in [0.25, 0.3) is 0 Å². The fraction of sp³-hybridized carbons (Fsp3) is 0.429. The van der Waals surface area contributed by atoms with E-state index < -0.39 is 6.10 Å². The van der Waals surface area contributed by atoms with Crippen LogP contribution in [0.5, 0.6) is 11.5 Å². The van der Waals surface area contributed by atoms with Crippen LogP contribution in [0, 0.1) is 0 Å². The van der Waals surface area contributed by atoms with Gasteiger partial charge in [0.2, 0.25) is 0 Å². The van der Waals surface area contributed by atoms with Crippen molar-refractivity contribution >= 4 is 12.4 Å². The Morgan fingerprint density at radius 2 is 1.50 bits per heavy atom. The number of ether oxygens (including phenoxy) is 1. The summed E-state index contributed by atoms with van der Waals surface area (Å²) in [6.07, 6.45) is 3.33. The van der Waals surface area contributed by atoms with Crippen LogP contribution in [0.15, 0.2) is 48.5 Å². The zero-order chi connectivity index (χ0) is 18.1. The zero-order valence-corrected chi connectivity index (χ0v) is 16.4. The maximum Gasteiger partial charge on any atom is 0.122 e. The molecule has 0 saturated carbocycles. The van der Waals surface area contributed by atoms with Gasteiger partial charge in [-0.1, -0.05) is 36.4 Å². The number of rotatable bonds is 10. The maximum atomic E-state index is 9.95. The topological polar surface area (TPSA) is 52.9 Å². The van der Waals surface area contributed by atoms with Gasteiger partial charge in [-0.25, -0.2) is 0 Å². The van der Waals surface area contributed by atoms with Crippen LogP contribution in [0.4, 0.5) is 0 Å². The van der Waals surface area contributed by atoms with Crippen LogP contribution in [0.25, 0.3) is 0 Å². The van der Waals surface area contributed by atoms with Gasteiger partial charge in [-0.15, -0.1) is 12.4 Å². The van der Waals surface area contributed by atoms with Crippen molar-refractivity contribution in [2.24, 2.45) is 0 Å². The Labute approximate surface area is 162 Å². The van der Waals surface area contributed by atoms with E-state index in [4.69, 9.17) is 4.74 Å². The first-order valence-corrected chi connectivity index (χ1v) is 8.86. The van der Waals surface area contributed by atoms with Gasteiger partial charge < -0.3 is 19.8 Å². The highest BCUT2D eigenvalue weighted by Crippen LogP contribution is 2.22. The van der Waals surface area contributed by atoms with E-state index in [-0.39, 0.29) is 12.4 Å². The smallest absolute Gasteiger partial charge is 0.122 e. The van der Waals surface area contributed by atoms with Gasteiger partial charge in [0.1, 0.15) is 24.2 Å². The van der Waals surface area contributed by atoms with Crippen LogP contribution < -0.4 is 4.74 Å². The Bertz CT molecular complexity index is 649. The third kappa shape index (κ3) is 7.65. The van der Waals surface area contributed by atoms with Gasteiger partial charge in [0, 0.05) is 6.54 Å². The molecule has 0 amide bonds. The van der Waals surface area contributed by atoms with Crippen LogP contribution in [-0.2, 0) is 12.8 Å². The van der Waals surface area contributed by atoms with Crippen molar-refractivity contribution in [1.29, 1.82) is 0 Å². The summed E-state index contributed by atoms with van der Waals surface area (Å²) in [7, 11) is 3.86. The van der Waals surface area contributed by atoms with Gasteiger partial charge in [-0.05, 0) is 63.0 Å². The molecule has 0 heterocycles. The molecular formula is C21H30ClNO3. The van der Waals surface area contributed by atoms with Gasteiger partial charge in [0.05, 0.1) is 0 Å². The average molecular weight is 380 g/mol. The molecule has 26 heavy (non-hydrogen) atoms. The number of hydrogen-bond donors (Lipinski definition) is 2. The lowest BCUT2D eigenvalue weighted by atomic mass is 10.0. The number of likely N-dealkylation sites (N-methyl/N-ethyl adjacent to an activating group) is 1. The van der Waals surface area contributed by atoms with Crippen molar-refractivity contribution in [2.75, 3.05) is 27.2 Å². The first-order valence-electron chi connectivity index (χ1n) is 8.86. The van der Waals surface area contributed by atoms with Crippen molar-refractivity contribution in [3.05, 3.63) is 59.7 Å². The summed E-state index contributed by atoms with van der Waals surface area (Å²) in [4.78, 5) is 1.94. The third-order valence-electron chi connectivity index (χ3n) is 4.11. The van der Waals surface area contributed by atoms with Gasteiger partial charge in [-0.3, -0.25) is 0 Å². The monoisotopic (exact) mass is 379 g/mol. The molecule has 0 aromatic heterocycles. The van der Waals surface area contributed by atoms with E-state index in [1.165, 1.54) is 0 Å². The van der Waals surface area contributed by atoms with Crippen molar-refractivity contribution in [3.63, 3.8) is 0 Å². The molecule has 0 saturated heterocycles. The molecule has 0 radical (unpaired) electrons. The molecule has 4 nitrogen and oxygen atoms in total. The minimum absolute atomic E-state index is 0. The van der Waals surface area contributed by atoms with Crippen LogP contribution in [0.3, 0.4) is 0 Å². The second kappa shape index (κ2) is 11.8. The largest absolute Gasteiger partial charge is 0.508 e. The predicted octanol–water partition coefficient (Wildman–Crippen LogP) is 3.68. The standard InChI is InChI=1S/C21H29NO3.ClH/c1-22(2)15-19(23)16-25-21-14-8-6-12-18(21)11-4-3-9-17-10-5-7-13-20(17)24;/h5-8,10,12-14,19,23-24H,3-4,9,11,15-16H2,1-2H3;1H. The zero-order valence-electron chi connectivity index (χ0n) is 15.6. The number of nitrogens with zero attached hydrogens (tertiary/aromatic N) is 1. The number of unbranched alkanes of at least 4 members (excludes halogenated alkanes) is 1. The number of aliphatic hydroxyl groups is 1. The number of halogens is 1. The van der Waals surface area contributed by atoms with Crippen LogP contribution >= 0.6 is 12.4 Å². The molecule has 1 atom stereocenters. The Morgan fingerprint density at radius 3 is 2.15 bits per heavy atom. The minimum Gasteiger partial charge on any atom is -0.508 e. The number of phenolic OH excluding ortho intramolecular Hbond substituents is 1. The highest BCUT2D eigenvalue weighted by Gasteiger charge is 2.09. The summed E-state index contributed by atoms with van der Waals surface area (Å²) < 4.78 is 5.82. The number of aliphatic hydroxyl groups excluding tert-OH is 1. The van der Waals surface area contributed by atoms with E-state index in [1.54, 1.807) is 6.07 Å². The number of benzene rings is 2. The first-order chi connectivity index (χ1) is 12.1. The quantitative estimate of drug-likeness (QED) is 0.618. The number of para-hydroxylation sites is 2. The Morgan fingerprint density at radius 1 is 0.923 bits per heavy atom. The Kier molecular flexibility index (Phi) is 10.1. The molecule has 0 spiro atoms. The second-order valence-electron chi connectivity index (χ2n) is 6.67. The summed E-state index contributed by atoms with van der Waals surface area (Å²) in [5, 5.41) is 19.8. The lowest BCUT2D eigenvalue weighted by Gasteiger charge is -2.18. The molecule has 5 heteroatoms. The third-order valence-corrected chi connectivity index (χ3v) is 4.11. The fourth-order valence-electron chi connectivity index (χ4n) is 2.86. The lowest BCUT2D eigenvalue weighted by molar-refractivity contribution is 0.0827. The van der Waals surface area contributed by atoms with Crippen molar-refractivity contribution in [3.8, 4) is 11.5 Å². The van der Waals surface area contributed by atoms with E-state index in [9.17, 15) is 10.2 Å². The van der Waals surface area contributed by atoms with E-state index in [2.05, 4.69) is 6.07 Å². The van der Waals surface area contributed by atoms with Crippen molar-refractivity contribution in [2.45, 2.75) is 31.8 Å². The molecule has 2 rings (SSSR count). The summed E-state index contributed by atoms with van der Waals surface area (Å²) in [6, 6.07) is 15.5. The van der Waals surface area contributed by atoms with E-state index >= 15 is 0 Å². The molecule has 0 aliphatic rings. The fourth-order valence-corrected chi connectivity index (χ4v) is 2.86. The average Bonchev–Trinajstić information content (AvgIpc) is 2.58. The summed E-state index contributed by atoms with van der Waals surface area (Å²) in [6.45, 7) is 0.885. The molecular weight excluding hydrogens is 350 g/mol. The summed E-state index contributed by atoms with van der Waals surface area (Å²) in [5.74, 6) is 1.23. The highest BCUT2D eigenvalue weighted by molar-refractivity contribution is 5.85. The van der Waals surface area contributed by atoms with Crippen LogP contribution in [0.1, 0.15) is 24.0 Å². The molecule has 0 fully saturated rings. The van der Waals surface area contributed by atoms with Crippen LogP contribution in [-0.4, -0.2) is 48.5 Å². The molecule has 144 valence electrons. The number of aryl methyl sites for hydroxylation is 2. The molecule has 0 aliphatic carbocycles. The summed E-state index contributed by atoms with van der Waals surface area (Å²) >= 11 is 0. The SMILES string of the molecule is CN(C)CC(O)COc1ccccc1CCCCc1ccccc1O.Cl. The maximum absolute atomic E-state index is 9.95. The Hall–Kier alpha value is -1.75. The molecule has 0 bridgehead atoms. The molecule has 2 N–H and O–H groups in total. The molecule has 1 unspecified atom stereocenters. The lowest BCUT2D eigenvalue weighted by Crippen LogP contribution is -2.30.